The van der Waals surface area contributed by atoms with Crippen LogP contribution >= 0.6 is 0 Å². The van der Waals surface area contributed by atoms with Crippen LogP contribution in [0.4, 0.5) is 11.4 Å². The van der Waals surface area contributed by atoms with E-state index < -0.39 is 16.8 Å². The number of hydrogen-bond donors (Lipinski definition) is 1. The average Bonchev–Trinajstić information content (AvgIpc) is 2.78. The van der Waals surface area contributed by atoms with Gasteiger partial charge in [-0.3, -0.25) is 24.8 Å². The standard InChI is InChI=1S/C25H26N4O5/c1-4-34-24(31)22-20(15-6-5-11-27-14-15)21-18(12-25(2,3)13-19(21)30)28(23(22)26)16-7-9-17(10-8-16)29(32)33/h5-11,14,20H,4,12-13,26H2,1-3H3/t20-/m0/s1. The Morgan fingerprint density at radius 3 is 2.56 bits per heavy atom. The Labute approximate surface area is 197 Å². The maximum atomic E-state index is 13.6. The third-order valence-electron chi connectivity index (χ3n) is 6.09. The van der Waals surface area contributed by atoms with Crippen molar-refractivity contribution in [2.75, 3.05) is 11.5 Å². The molecular weight excluding hydrogens is 436 g/mol. The number of nitro groups is 1. The zero-order valence-corrected chi connectivity index (χ0v) is 19.3. The largest absolute Gasteiger partial charge is 0.463 e. The van der Waals surface area contributed by atoms with Gasteiger partial charge in [0.2, 0.25) is 0 Å². The zero-order chi connectivity index (χ0) is 24.6. The molecule has 1 aromatic carbocycles. The van der Waals surface area contributed by atoms with E-state index in [1.54, 1.807) is 42.4 Å². The molecule has 9 heteroatoms. The van der Waals surface area contributed by atoms with E-state index in [2.05, 4.69) is 4.98 Å². The van der Waals surface area contributed by atoms with E-state index in [4.69, 9.17) is 10.5 Å². The van der Waals surface area contributed by atoms with Crippen LogP contribution in [0, 0.1) is 15.5 Å². The molecular formula is C25H26N4O5. The number of ketones is 1. The first kappa shape index (κ1) is 23.2. The quantitative estimate of drug-likeness (QED) is 0.401. The lowest BCUT2D eigenvalue weighted by Crippen LogP contribution is -2.43. The van der Waals surface area contributed by atoms with Crippen LogP contribution in [0.1, 0.15) is 45.1 Å². The summed E-state index contributed by atoms with van der Waals surface area (Å²) < 4.78 is 5.35. The molecule has 0 unspecified atom stereocenters. The summed E-state index contributed by atoms with van der Waals surface area (Å²) in [7, 11) is 0. The Morgan fingerprint density at radius 2 is 1.97 bits per heavy atom. The van der Waals surface area contributed by atoms with E-state index in [1.807, 2.05) is 19.9 Å². The highest BCUT2D eigenvalue weighted by Gasteiger charge is 2.46. The van der Waals surface area contributed by atoms with Crippen molar-refractivity contribution in [2.24, 2.45) is 11.1 Å². The maximum Gasteiger partial charge on any atom is 0.338 e. The van der Waals surface area contributed by atoms with E-state index >= 15 is 0 Å². The number of benzene rings is 1. The Balaban J connectivity index is 1.99. The number of non-ortho nitro benzene ring substituents is 1. The van der Waals surface area contributed by atoms with Crippen molar-refractivity contribution in [3.63, 3.8) is 0 Å². The minimum atomic E-state index is -0.722. The van der Waals surface area contributed by atoms with Gasteiger partial charge in [-0.05, 0) is 42.5 Å². The number of nitro benzene ring substituents is 1. The Morgan fingerprint density at radius 1 is 1.26 bits per heavy atom. The summed E-state index contributed by atoms with van der Waals surface area (Å²) in [6.07, 6.45) is 4.08. The number of carbonyl (C=O) groups excluding carboxylic acids is 2. The minimum absolute atomic E-state index is 0.0728. The van der Waals surface area contributed by atoms with Gasteiger partial charge in [0.1, 0.15) is 5.82 Å². The first-order valence-corrected chi connectivity index (χ1v) is 11.0. The van der Waals surface area contributed by atoms with Crippen LogP contribution in [0.3, 0.4) is 0 Å². The fourth-order valence-corrected chi connectivity index (χ4v) is 4.72. The molecule has 2 heterocycles. The normalized spacial score (nSPS) is 19.7. The van der Waals surface area contributed by atoms with Crippen LogP contribution in [-0.2, 0) is 14.3 Å². The summed E-state index contributed by atoms with van der Waals surface area (Å²) in [5.74, 6) is -1.29. The average molecular weight is 463 g/mol. The van der Waals surface area contributed by atoms with Gasteiger partial charge < -0.3 is 10.5 Å². The molecule has 1 aliphatic heterocycles. The zero-order valence-electron chi connectivity index (χ0n) is 19.3. The number of ether oxygens (including phenoxy) is 1. The van der Waals surface area contributed by atoms with Crippen molar-refractivity contribution in [3.8, 4) is 0 Å². The van der Waals surface area contributed by atoms with Gasteiger partial charge >= 0.3 is 5.97 Å². The van der Waals surface area contributed by atoms with Gasteiger partial charge in [0.15, 0.2) is 5.78 Å². The maximum absolute atomic E-state index is 13.6. The van der Waals surface area contributed by atoms with Gasteiger partial charge in [-0.15, -0.1) is 0 Å². The third kappa shape index (κ3) is 4.05. The highest BCUT2D eigenvalue weighted by molar-refractivity contribution is 6.05. The van der Waals surface area contributed by atoms with Crippen molar-refractivity contribution in [3.05, 3.63) is 87.1 Å². The molecule has 2 aliphatic rings. The van der Waals surface area contributed by atoms with Crippen molar-refractivity contribution in [1.29, 1.82) is 0 Å². The molecule has 1 aliphatic carbocycles. The fraction of sp³-hybridized carbons (Fsp3) is 0.320. The monoisotopic (exact) mass is 462 g/mol. The van der Waals surface area contributed by atoms with Crippen LogP contribution in [-0.4, -0.2) is 28.3 Å². The minimum Gasteiger partial charge on any atom is -0.463 e. The summed E-state index contributed by atoms with van der Waals surface area (Å²) in [6.45, 7) is 5.84. The molecule has 0 fully saturated rings. The van der Waals surface area contributed by atoms with Crippen LogP contribution in [0.2, 0.25) is 0 Å². The summed E-state index contributed by atoms with van der Waals surface area (Å²) in [5.41, 5.74) is 8.74. The lowest BCUT2D eigenvalue weighted by molar-refractivity contribution is -0.384. The predicted octanol–water partition coefficient (Wildman–Crippen LogP) is 3.97. The predicted molar refractivity (Wildman–Crippen MR) is 125 cm³/mol. The number of Topliss-reactive ketones (excluding diaryl/α,β-unsaturated/α-hetero) is 1. The highest BCUT2D eigenvalue weighted by atomic mass is 16.6. The lowest BCUT2D eigenvalue weighted by atomic mass is 9.68. The molecule has 34 heavy (non-hydrogen) atoms. The second-order valence-corrected chi connectivity index (χ2v) is 9.15. The van der Waals surface area contributed by atoms with Gasteiger partial charge in [0.25, 0.3) is 5.69 Å². The summed E-state index contributed by atoms with van der Waals surface area (Å²) in [6, 6.07) is 9.42. The van der Waals surface area contributed by atoms with E-state index in [1.165, 1.54) is 12.1 Å². The summed E-state index contributed by atoms with van der Waals surface area (Å²) in [4.78, 5) is 43.3. The smallest absolute Gasteiger partial charge is 0.338 e. The number of hydrogen-bond acceptors (Lipinski definition) is 8. The first-order chi connectivity index (χ1) is 16.1. The number of carbonyl (C=O) groups is 2. The van der Waals surface area contributed by atoms with Gasteiger partial charge in [-0.2, -0.15) is 0 Å². The Kier molecular flexibility index (Phi) is 5.95. The van der Waals surface area contributed by atoms with Gasteiger partial charge in [-0.1, -0.05) is 19.9 Å². The third-order valence-corrected chi connectivity index (χ3v) is 6.09. The number of anilines is 1. The molecule has 0 radical (unpaired) electrons. The lowest BCUT2D eigenvalue weighted by Gasteiger charge is -2.44. The number of rotatable bonds is 5. The SMILES string of the molecule is CCOC(=O)C1=C(N)N(c2ccc([N+](=O)[O-])cc2)C2=C(C(=O)CC(C)(C)C2)[C@@H]1c1cccnc1. The number of nitrogens with zero attached hydrogens (tertiary/aromatic N) is 3. The first-order valence-electron chi connectivity index (χ1n) is 11.0. The second kappa shape index (κ2) is 8.74. The van der Waals surface area contributed by atoms with E-state index in [0.29, 0.717) is 35.4 Å². The number of pyridine rings is 1. The van der Waals surface area contributed by atoms with Crippen molar-refractivity contribution < 1.29 is 19.2 Å². The molecule has 0 spiro atoms. The van der Waals surface area contributed by atoms with Crippen LogP contribution in [0.5, 0.6) is 0 Å². The van der Waals surface area contributed by atoms with Crippen LogP contribution in [0.15, 0.2) is 71.5 Å². The van der Waals surface area contributed by atoms with Crippen LogP contribution < -0.4 is 10.6 Å². The van der Waals surface area contributed by atoms with E-state index in [0.717, 1.165) is 0 Å². The molecule has 2 N–H and O–H groups in total. The highest BCUT2D eigenvalue weighted by Crippen LogP contribution is 2.50. The van der Waals surface area contributed by atoms with E-state index in [9.17, 15) is 19.7 Å². The fourth-order valence-electron chi connectivity index (χ4n) is 4.72. The van der Waals surface area contributed by atoms with Crippen molar-refractivity contribution in [1.82, 2.24) is 4.98 Å². The summed E-state index contributed by atoms with van der Waals surface area (Å²) >= 11 is 0. The molecule has 1 atom stereocenters. The Hall–Kier alpha value is -4.01. The molecule has 176 valence electrons. The van der Waals surface area contributed by atoms with Gasteiger partial charge in [-0.25, -0.2) is 4.79 Å². The summed E-state index contributed by atoms with van der Waals surface area (Å²) in [5, 5.41) is 11.2. The molecule has 2 aromatic rings. The number of esters is 1. The molecule has 0 saturated carbocycles. The Bertz CT molecular complexity index is 1220. The molecule has 0 bridgehead atoms. The molecule has 0 saturated heterocycles. The number of aromatic nitrogens is 1. The van der Waals surface area contributed by atoms with E-state index in [-0.39, 0.29) is 34.9 Å². The molecule has 1 aromatic heterocycles. The second-order valence-electron chi connectivity index (χ2n) is 9.15. The van der Waals surface area contributed by atoms with Crippen molar-refractivity contribution >= 4 is 23.1 Å². The van der Waals surface area contributed by atoms with Gasteiger partial charge in [0.05, 0.1) is 23.0 Å². The topological polar surface area (TPSA) is 129 Å². The molecule has 0 amide bonds. The number of nitrogens with two attached hydrogens (primary N) is 1. The molecule has 4 rings (SSSR count). The van der Waals surface area contributed by atoms with Gasteiger partial charge in [0, 0.05) is 47.9 Å². The molecule has 9 nitrogen and oxygen atoms in total. The van der Waals surface area contributed by atoms with Crippen molar-refractivity contribution in [2.45, 2.75) is 39.5 Å². The van der Waals surface area contributed by atoms with Crippen LogP contribution in [0.25, 0.3) is 0 Å². The number of allylic oxidation sites excluding steroid dienone is 2.